The summed E-state index contributed by atoms with van der Waals surface area (Å²) in [7, 11) is 0. The van der Waals surface area contributed by atoms with E-state index >= 15 is 26.3 Å². The Morgan fingerprint density at radius 2 is 0.660 bits per heavy atom. The fourth-order valence-corrected chi connectivity index (χ4v) is 9.24. The number of hydrogen-bond acceptors (Lipinski definition) is 2. The molecule has 0 amide bonds. The van der Waals surface area contributed by atoms with Gasteiger partial charge in [0.1, 0.15) is 0 Å². The van der Waals surface area contributed by atoms with Gasteiger partial charge in [-0.15, -0.1) is 0 Å². The van der Waals surface area contributed by atoms with E-state index in [4.69, 9.17) is 0 Å². The van der Waals surface area contributed by atoms with E-state index in [0.717, 1.165) is 34.4 Å². The number of alkyl halides is 6. The molecule has 0 aromatic heterocycles. The Kier molecular flexibility index (Phi) is 6.78. The average Bonchev–Trinajstić information content (AvgIpc) is 3.43. The quantitative estimate of drug-likeness (QED) is 0.165. The maximum Gasteiger partial charge on any atom is 0.411 e. The fraction of sp³-hybridized carbons (Fsp3) is 0.200. The second-order valence-electron chi connectivity index (χ2n) is 15.2. The normalized spacial score (nSPS) is 17.2. The Bertz CT molecular complexity index is 2200. The van der Waals surface area contributed by atoms with Crippen LogP contribution in [0.5, 0.6) is 0 Å². The Morgan fingerprint density at radius 3 is 0.943 bits per heavy atom. The molecule has 9 rings (SSSR count). The minimum atomic E-state index is -5.73. The zero-order valence-electron chi connectivity index (χ0n) is 29.4. The van der Waals surface area contributed by atoms with E-state index in [-0.39, 0.29) is 22.5 Å². The standard InChI is InChI=1S/C45H34F6N2/c1-41(2)31-13-5-9-17-37(31)52(38-18-10-6-14-32(38)41)27-21-23-29-30-24-22-28(26-36(30)43(35(29)25-27,44(46,47)48)45(49,50)51)53-39-19-11-7-15-33(39)42(3,4)34-16-8-12-20-40(34)53/h5-26H,1-4H3. The molecule has 0 N–H and O–H groups in total. The number of halogens is 6. The first-order chi connectivity index (χ1) is 25.1. The minimum absolute atomic E-state index is 0.0931. The molecule has 0 bridgehead atoms. The summed E-state index contributed by atoms with van der Waals surface area (Å²) in [5.74, 6) is 0. The molecule has 266 valence electrons. The van der Waals surface area contributed by atoms with Crippen LogP contribution < -0.4 is 9.80 Å². The predicted octanol–water partition coefficient (Wildman–Crippen LogP) is 13.3. The van der Waals surface area contributed by atoms with Crippen LogP contribution in [0.2, 0.25) is 0 Å². The molecule has 0 fully saturated rings. The van der Waals surface area contributed by atoms with Crippen LogP contribution in [0.1, 0.15) is 61.1 Å². The van der Waals surface area contributed by atoms with Crippen molar-refractivity contribution in [1.29, 1.82) is 0 Å². The van der Waals surface area contributed by atoms with Crippen molar-refractivity contribution in [3.05, 3.63) is 167 Å². The van der Waals surface area contributed by atoms with Crippen molar-refractivity contribution >= 4 is 34.1 Å². The molecule has 2 heterocycles. The summed E-state index contributed by atoms with van der Waals surface area (Å²) < 4.78 is 95.0. The number of para-hydroxylation sites is 4. The number of fused-ring (bicyclic) bond motifs is 7. The highest BCUT2D eigenvalue weighted by Crippen LogP contribution is 2.65. The maximum absolute atomic E-state index is 15.8. The molecular formula is C45H34F6N2. The van der Waals surface area contributed by atoms with E-state index in [1.54, 1.807) is 21.9 Å². The van der Waals surface area contributed by atoms with Crippen LogP contribution in [0.15, 0.2) is 133 Å². The van der Waals surface area contributed by atoms with Gasteiger partial charge in [-0.25, -0.2) is 0 Å². The highest BCUT2D eigenvalue weighted by atomic mass is 19.4. The van der Waals surface area contributed by atoms with Crippen molar-refractivity contribution in [1.82, 2.24) is 0 Å². The van der Waals surface area contributed by atoms with Crippen molar-refractivity contribution in [2.75, 3.05) is 9.80 Å². The first-order valence-electron chi connectivity index (χ1n) is 17.5. The van der Waals surface area contributed by atoms with Crippen molar-refractivity contribution in [2.45, 2.75) is 56.3 Å². The second kappa shape index (κ2) is 10.8. The predicted molar refractivity (Wildman–Crippen MR) is 198 cm³/mol. The van der Waals surface area contributed by atoms with Crippen molar-refractivity contribution in [2.24, 2.45) is 0 Å². The van der Waals surface area contributed by atoms with Crippen molar-refractivity contribution in [3.63, 3.8) is 0 Å². The number of rotatable bonds is 2. The largest absolute Gasteiger partial charge is 0.411 e. The first kappa shape index (κ1) is 33.3. The van der Waals surface area contributed by atoms with E-state index in [1.807, 2.05) is 97.1 Å². The van der Waals surface area contributed by atoms with Crippen LogP contribution in [0.4, 0.5) is 60.5 Å². The van der Waals surface area contributed by atoms with Gasteiger partial charge in [0.05, 0.1) is 22.7 Å². The topological polar surface area (TPSA) is 6.48 Å². The molecule has 6 aromatic carbocycles. The molecule has 2 nitrogen and oxygen atoms in total. The summed E-state index contributed by atoms with van der Waals surface area (Å²) in [5, 5.41) is 0. The first-order valence-corrected chi connectivity index (χ1v) is 17.5. The maximum atomic E-state index is 15.8. The molecule has 2 aliphatic heterocycles. The van der Waals surface area contributed by atoms with Gasteiger partial charge in [0.15, 0.2) is 0 Å². The molecule has 0 unspecified atom stereocenters. The summed E-state index contributed by atoms with van der Waals surface area (Å²) in [6.07, 6.45) is -11.5. The highest BCUT2D eigenvalue weighted by molar-refractivity contribution is 5.92. The lowest BCUT2D eigenvalue weighted by Gasteiger charge is -2.43. The summed E-state index contributed by atoms with van der Waals surface area (Å²) >= 11 is 0. The van der Waals surface area contributed by atoms with Crippen LogP contribution in [0.3, 0.4) is 0 Å². The molecule has 0 saturated heterocycles. The third kappa shape index (κ3) is 4.29. The van der Waals surface area contributed by atoms with Crippen LogP contribution >= 0.6 is 0 Å². The highest BCUT2D eigenvalue weighted by Gasteiger charge is 2.75. The lowest BCUT2D eigenvalue weighted by molar-refractivity contribution is -0.287. The third-order valence-corrected chi connectivity index (χ3v) is 11.7. The minimum Gasteiger partial charge on any atom is -0.310 e. The molecular weight excluding hydrogens is 682 g/mol. The molecule has 0 saturated carbocycles. The Balaban J connectivity index is 1.29. The third-order valence-electron chi connectivity index (χ3n) is 11.7. The SMILES string of the molecule is CC1(C)c2ccccc2N(c2ccc3c(c2)C(C(F)(F)F)(C(F)(F)F)c2cc(N4c5ccccc5C(C)(C)c5ccccc54)ccc2-3)c2ccccc21. The van der Waals surface area contributed by atoms with E-state index in [0.29, 0.717) is 22.7 Å². The molecule has 1 aliphatic carbocycles. The summed E-state index contributed by atoms with van der Waals surface area (Å²) in [5.41, 5.74) is -0.197. The molecule has 53 heavy (non-hydrogen) atoms. The second-order valence-corrected chi connectivity index (χ2v) is 15.2. The van der Waals surface area contributed by atoms with E-state index in [1.165, 1.54) is 12.1 Å². The number of nitrogens with zero attached hydrogens (tertiary/aromatic N) is 2. The van der Waals surface area contributed by atoms with E-state index in [2.05, 4.69) is 27.7 Å². The lowest BCUT2D eigenvalue weighted by Crippen LogP contribution is -2.53. The van der Waals surface area contributed by atoms with E-state index < -0.39 is 39.7 Å². The average molecular weight is 717 g/mol. The van der Waals surface area contributed by atoms with Gasteiger partial charge in [0.25, 0.3) is 0 Å². The molecule has 8 heteroatoms. The van der Waals surface area contributed by atoms with Gasteiger partial charge in [-0.05, 0) is 93.0 Å². The molecule has 3 aliphatic rings. The summed E-state index contributed by atoms with van der Waals surface area (Å²) in [4.78, 5) is 3.57. The van der Waals surface area contributed by atoms with Gasteiger partial charge in [-0.2, -0.15) is 26.3 Å². The van der Waals surface area contributed by atoms with Gasteiger partial charge in [0, 0.05) is 22.2 Å². The van der Waals surface area contributed by atoms with Crippen molar-refractivity contribution in [3.8, 4) is 11.1 Å². The van der Waals surface area contributed by atoms with Crippen LogP contribution in [0.25, 0.3) is 11.1 Å². The zero-order chi connectivity index (χ0) is 37.3. The number of hydrogen-bond donors (Lipinski definition) is 0. The zero-order valence-corrected chi connectivity index (χ0v) is 29.4. The fourth-order valence-electron chi connectivity index (χ4n) is 9.24. The van der Waals surface area contributed by atoms with Gasteiger partial charge < -0.3 is 9.80 Å². The van der Waals surface area contributed by atoms with Crippen LogP contribution in [-0.2, 0) is 16.2 Å². The smallest absolute Gasteiger partial charge is 0.310 e. The Hall–Kier alpha value is -5.50. The monoisotopic (exact) mass is 716 g/mol. The van der Waals surface area contributed by atoms with Gasteiger partial charge in [-0.3, -0.25) is 0 Å². The van der Waals surface area contributed by atoms with E-state index in [9.17, 15) is 0 Å². The Labute approximate surface area is 303 Å². The number of anilines is 6. The van der Waals surface area contributed by atoms with Gasteiger partial charge in [-0.1, -0.05) is 113 Å². The van der Waals surface area contributed by atoms with Gasteiger partial charge in [0.2, 0.25) is 5.41 Å². The van der Waals surface area contributed by atoms with Crippen LogP contribution in [-0.4, -0.2) is 12.4 Å². The molecule has 0 radical (unpaired) electrons. The number of benzene rings is 6. The van der Waals surface area contributed by atoms with Crippen LogP contribution in [0, 0.1) is 0 Å². The molecule has 0 spiro atoms. The Morgan fingerprint density at radius 1 is 0.377 bits per heavy atom. The summed E-state index contributed by atoms with van der Waals surface area (Å²) in [6.45, 7) is 8.27. The van der Waals surface area contributed by atoms with Gasteiger partial charge >= 0.3 is 12.4 Å². The lowest BCUT2D eigenvalue weighted by atomic mass is 9.73. The molecule has 6 aromatic rings. The summed E-state index contributed by atoms with van der Waals surface area (Å²) in [6, 6.07) is 38.4. The van der Waals surface area contributed by atoms with Crippen molar-refractivity contribution < 1.29 is 26.3 Å². The molecule has 0 atom stereocenters.